The van der Waals surface area contributed by atoms with E-state index in [2.05, 4.69) is 4.98 Å². The van der Waals surface area contributed by atoms with Gasteiger partial charge >= 0.3 is 17.6 Å². The predicted molar refractivity (Wildman–Crippen MR) is 117 cm³/mol. The van der Waals surface area contributed by atoms with Crippen LogP contribution in [0.5, 0.6) is 0 Å². The number of carbonyl (C=O) groups is 2. The number of hydrogen-bond acceptors (Lipinski definition) is 11. The molecular formula is C19H29N5O6S. The molecule has 0 bridgehead atoms. The topological polar surface area (TPSA) is 186 Å². The third-order valence-corrected chi connectivity index (χ3v) is 6.06. The van der Waals surface area contributed by atoms with Crippen molar-refractivity contribution in [2.45, 2.75) is 51.1 Å². The molecule has 172 valence electrons. The lowest BCUT2D eigenvalue weighted by molar-refractivity contribution is -0.153. The zero-order chi connectivity index (χ0) is 23.5. The molecule has 1 aromatic heterocycles. The van der Waals surface area contributed by atoms with E-state index in [4.69, 9.17) is 26.7 Å². The summed E-state index contributed by atoms with van der Waals surface area (Å²) >= 11 is 1.000. The van der Waals surface area contributed by atoms with E-state index in [9.17, 15) is 19.5 Å². The summed E-state index contributed by atoms with van der Waals surface area (Å²) in [5, 5.41) is 10.1. The summed E-state index contributed by atoms with van der Waals surface area (Å²) in [6.07, 6.45) is 0.148. The summed E-state index contributed by atoms with van der Waals surface area (Å²) in [6.45, 7) is 6.84. The molecule has 11 nitrogen and oxygen atoms in total. The van der Waals surface area contributed by atoms with Gasteiger partial charge in [-0.15, -0.1) is 0 Å². The van der Waals surface area contributed by atoms with Crippen LogP contribution in [0, 0.1) is 11.8 Å². The number of ether oxygens (including phenoxy) is 2. The number of anilines is 1. The Morgan fingerprint density at radius 3 is 2.32 bits per heavy atom. The summed E-state index contributed by atoms with van der Waals surface area (Å²) < 4.78 is 11.8. The Bertz CT molecular complexity index is 915. The van der Waals surface area contributed by atoms with Crippen LogP contribution >= 0.6 is 11.8 Å². The van der Waals surface area contributed by atoms with Crippen molar-refractivity contribution in [1.82, 2.24) is 9.55 Å². The molecule has 1 aliphatic rings. The van der Waals surface area contributed by atoms with E-state index < -0.39 is 41.1 Å². The molecule has 0 fully saturated rings. The van der Waals surface area contributed by atoms with Gasteiger partial charge in [0.05, 0.1) is 5.25 Å². The van der Waals surface area contributed by atoms with E-state index in [-0.39, 0.29) is 35.0 Å². The van der Waals surface area contributed by atoms with Gasteiger partial charge in [0.1, 0.15) is 29.5 Å². The summed E-state index contributed by atoms with van der Waals surface area (Å²) in [6, 6.07) is -0.362. The number of rotatable bonds is 8. The molecule has 0 radical (unpaired) electrons. The first kappa shape index (κ1) is 24.7. The summed E-state index contributed by atoms with van der Waals surface area (Å²) in [5.41, 5.74) is 16.4. The number of nitrogen functional groups attached to an aromatic ring is 1. The zero-order valence-corrected chi connectivity index (χ0v) is 18.7. The van der Waals surface area contributed by atoms with Gasteiger partial charge in [-0.2, -0.15) is 4.98 Å². The molecule has 0 aliphatic carbocycles. The minimum atomic E-state index is -1.19. The highest BCUT2D eigenvalue weighted by Gasteiger charge is 2.42. The summed E-state index contributed by atoms with van der Waals surface area (Å²) in [5.74, 6) is -2.05. The molecule has 12 heteroatoms. The molecule has 0 spiro atoms. The molecule has 2 heterocycles. The van der Waals surface area contributed by atoms with Crippen molar-refractivity contribution >= 4 is 34.5 Å². The number of aliphatic hydroxyl groups excluding tert-OH is 1. The van der Waals surface area contributed by atoms with Crippen LogP contribution in [-0.4, -0.2) is 56.6 Å². The highest BCUT2D eigenvalue weighted by molar-refractivity contribution is 8.08. The average molecular weight is 456 g/mol. The van der Waals surface area contributed by atoms with Gasteiger partial charge in [0, 0.05) is 6.20 Å². The minimum Gasteiger partial charge on any atom is -0.506 e. The number of carbonyl (C=O) groups excluding carboxylic acids is 2. The third kappa shape index (κ3) is 5.77. The van der Waals surface area contributed by atoms with E-state index in [1.54, 1.807) is 27.7 Å². The Labute approximate surface area is 184 Å². The van der Waals surface area contributed by atoms with Gasteiger partial charge in [-0.3, -0.25) is 14.2 Å². The van der Waals surface area contributed by atoms with E-state index in [1.165, 1.54) is 12.3 Å². The Kier molecular flexibility index (Phi) is 8.09. The van der Waals surface area contributed by atoms with Gasteiger partial charge < -0.3 is 31.8 Å². The van der Waals surface area contributed by atoms with Crippen LogP contribution in [0.2, 0.25) is 0 Å². The number of aromatic nitrogens is 2. The molecule has 4 atom stereocenters. The maximum atomic E-state index is 12.4. The summed E-state index contributed by atoms with van der Waals surface area (Å²) in [7, 11) is 0. The Morgan fingerprint density at radius 2 is 1.77 bits per heavy atom. The monoisotopic (exact) mass is 455 g/mol. The van der Waals surface area contributed by atoms with E-state index in [0.717, 1.165) is 16.3 Å². The first-order chi connectivity index (χ1) is 14.4. The first-order valence-corrected chi connectivity index (χ1v) is 10.7. The molecule has 7 N–H and O–H groups in total. The lowest BCUT2D eigenvalue weighted by Gasteiger charge is -2.23. The number of aliphatic hydroxyl groups is 1. The smallest absolute Gasteiger partial charge is 0.354 e. The Hall–Kier alpha value is -2.57. The van der Waals surface area contributed by atoms with Crippen LogP contribution in [0.25, 0.3) is 5.03 Å². The second-order valence-corrected chi connectivity index (χ2v) is 9.11. The number of thioether (sulfide) groups is 1. The molecule has 2 rings (SSSR count). The van der Waals surface area contributed by atoms with Crippen molar-refractivity contribution in [3.63, 3.8) is 0 Å². The molecule has 0 amide bonds. The Balaban J connectivity index is 2.30. The lowest BCUT2D eigenvalue weighted by Crippen LogP contribution is -2.42. The highest BCUT2D eigenvalue weighted by atomic mass is 32.2. The van der Waals surface area contributed by atoms with Crippen molar-refractivity contribution in [2.75, 3.05) is 12.3 Å². The van der Waals surface area contributed by atoms with E-state index in [0.29, 0.717) is 0 Å². The van der Waals surface area contributed by atoms with Gasteiger partial charge in [-0.1, -0.05) is 39.5 Å². The van der Waals surface area contributed by atoms with Crippen LogP contribution in [0.1, 0.15) is 27.7 Å². The van der Waals surface area contributed by atoms with E-state index in [1.807, 2.05) is 0 Å². The van der Waals surface area contributed by atoms with Crippen LogP contribution in [-0.2, 0) is 19.1 Å². The minimum absolute atomic E-state index is 0.0170. The lowest BCUT2D eigenvalue weighted by atomic mass is 10.1. The molecule has 31 heavy (non-hydrogen) atoms. The van der Waals surface area contributed by atoms with Gasteiger partial charge in [-0.05, 0) is 17.9 Å². The number of esters is 2. The maximum absolute atomic E-state index is 12.4. The standard InChI is InChI=1S/C19H29N5O6S/c1-8(2)12(21)17(26)29-7-10-15(30-18(27)13(22)9(3)4)14(25)16(31-10)24-6-5-11(20)23-19(24)28/h5-6,8-10,12-13,15,25H,7,21-22H2,1-4H3,(H2,20,23,28)/t10-,12-,13-,15?/m1/s1. The summed E-state index contributed by atoms with van der Waals surface area (Å²) in [4.78, 5) is 40.4. The second kappa shape index (κ2) is 10.2. The van der Waals surface area contributed by atoms with Crippen LogP contribution in [0.3, 0.4) is 0 Å². The largest absolute Gasteiger partial charge is 0.506 e. The van der Waals surface area contributed by atoms with Gasteiger partial charge in [0.2, 0.25) is 0 Å². The van der Waals surface area contributed by atoms with Crippen molar-refractivity contribution in [2.24, 2.45) is 23.3 Å². The van der Waals surface area contributed by atoms with Crippen molar-refractivity contribution in [1.29, 1.82) is 0 Å². The molecule has 1 aromatic rings. The van der Waals surface area contributed by atoms with E-state index >= 15 is 0 Å². The molecular weight excluding hydrogens is 426 g/mol. The van der Waals surface area contributed by atoms with Crippen molar-refractivity contribution in [3.05, 3.63) is 28.5 Å². The maximum Gasteiger partial charge on any atom is 0.354 e. The number of nitrogens with two attached hydrogens (primary N) is 3. The number of hydrogen-bond donors (Lipinski definition) is 4. The molecule has 0 saturated heterocycles. The van der Waals surface area contributed by atoms with Crippen LogP contribution in [0.15, 0.2) is 22.8 Å². The molecule has 1 aliphatic heterocycles. The van der Waals surface area contributed by atoms with Crippen LogP contribution < -0.4 is 22.9 Å². The van der Waals surface area contributed by atoms with Crippen molar-refractivity contribution < 1.29 is 24.2 Å². The predicted octanol–water partition coefficient (Wildman–Crippen LogP) is 0.0466. The fourth-order valence-corrected chi connectivity index (χ4v) is 3.80. The third-order valence-electron chi connectivity index (χ3n) is 4.75. The fourth-order valence-electron chi connectivity index (χ4n) is 2.58. The normalized spacial score (nSPS) is 20.8. The highest BCUT2D eigenvalue weighted by Crippen LogP contribution is 2.41. The van der Waals surface area contributed by atoms with Crippen LogP contribution in [0.4, 0.5) is 5.82 Å². The van der Waals surface area contributed by atoms with Gasteiger partial charge in [0.15, 0.2) is 11.9 Å². The number of nitrogens with zero attached hydrogens (tertiary/aromatic N) is 2. The van der Waals surface area contributed by atoms with Gasteiger partial charge in [0.25, 0.3) is 0 Å². The second-order valence-electron chi connectivity index (χ2n) is 7.88. The Morgan fingerprint density at radius 1 is 1.19 bits per heavy atom. The quantitative estimate of drug-likeness (QED) is 0.388. The molecule has 0 aromatic carbocycles. The fraction of sp³-hybridized carbons (Fsp3) is 0.579. The van der Waals surface area contributed by atoms with Gasteiger partial charge in [-0.25, -0.2) is 4.79 Å². The van der Waals surface area contributed by atoms with Crippen molar-refractivity contribution in [3.8, 4) is 0 Å². The first-order valence-electron chi connectivity index (χ1n) is 9.77. The SMILES string of the molecule is CC(C)[C@@H](N)C(=O)OC[C@H]1SC(n2ccc(N)nc2=O)=C(O)C1OC(=O)[C@H](N)C(C)C. The zero-order valence-electron chi connectivity index (χ0n) is 17.8. The molecule has 0 saturated carbocycles. The average Bonchev–Trinajstić information content (AvgIpc) is 3.00. The molecule has 1 unspecified atom stereocenters.